The molecule has 0 saturated carbocycles. The van der Waals surface area contributed by atoms with Gasteiger partial charge in [0, 0.05) is 0 Å². The molecule has 0 atom stereocenters. The van der Waals surface area contributed by atoms with Crippen LogP contribution in [0.5, 0.6) is 5.75 Å². The van der Waals surface area contributed by atoms with Crippen LogP contribution in [0.2, 0.25) is 0 Å². The second kappa shape index (κ2) is 2.20. The van der Waals surface area contributed by atoms with Crippen LogP contribution in [-0.2, 0) is 15.7 Å². The molecule has 2 heteroatoms. The van der Waals surface area contributed by atoms with Gasteiger partial charge in [0.2, 0.25) is 0 Å². The summed E-state index contributed by atoms with van der Waals surface area (Å²) >= 11 is 4.07. The molecule has 0 aliphatic carbocycles. The maximum atomic E-state index is 8.72. The molecule has 0 fully saturated rings. The van der Waals surface area contributed by atoms with Crippen molar-refractivity contribution in [1.29, 1.82) is 0 Å². The Bertz CT molecular complexity index is 147. The summed E-state index contributed by atoms with van der Waals surface area (Å²) in [6.45, 7) is 0. The first-order chi connectivity index (χ1) is 3.79. The summed E-state index contributed by atoms with van der Waals surface area (Å²) in [6, 6.07) is 6.66. The molecular weight excluding hydrogens is 147 g/mol. The summed E-state index contributed by atoms with van der Waals surface area (Å²) < 4.78 is 0.857. The minimum atomic E-state index is 0.279. The zero-order valence-electron chi connectivity index (χ0n) is 4.09. The number of hydrogen-bond acceptors (Lipinski definition) is 1. The quantitative estimate of drug-likeness (QED) is 0.576. The number of benzene rings is 1. The molecule has 0 radical (unpaired) electrons. The molecule has 0 aliphatic rings. The zero-order chi connectivity index (χ0) is 5.98. The van der Waals surface area contributed by atoms with Crippen LogP contribution in [0, 0.1) is 0 Å². The Morgan fingerprint density at radius 2 is 1.62 bits per heavy atom. The van der Waals surface area contributed by atoms with Gasteiger partial charge in [-0.25, -0.2) is 0 Å². The van der Waals surface area contributed by atoms with E-state index in [0.717, 1.165) is 4.50 Å². The normalized spacial score (nSPS) is 9.25. The van der Waals surface area contributed by atoms with Crippen LogP contribution in [0.25, 0.3) is 0 Å². The zero-order valence-corrected chi connectivity index (χ0v) is 5.13. The van der Waals surface area contributed by atoms with Crippen LogP contribution in [0.15, 0.2) is 24.3 Å². The van der Waals surface area contributed by atoms with Crippen molar-refractivity contribution in [1.82, 2.24) is 0 Å². The number of phenolic OH excluding ortho intramolecular Hbond substituents is 1. The van der Waals surface area contributed by atoms with E-state index in [2.05, 4.69) is 15.7 Å². The molecule has 0 unspecified atom stereocenters. The van der Waals surface area contributed by atoms with Gasteiger partial charge in [0.05, 0.1) is 0 Å². The van der Waals surface area contributed by atoms with Gasteiger partial charge in [0.25, 0.3) is 0 Å². The fraction of sp³-hybridized carbons (Fsp3) is 0. The molecule has 1 aromatic carbocycles. The molecule has 0 heterocycles. The van der Waals surface area contributed by atoms with E-state index in [1.165, 1.54) is 0 Å². The Morgan fingerprint density at radius 3 is 2.00 bits per heavy atom. The van der Waals surface area contributed by atoms with Crippen molar-refractivity contribution in [2.45, 2.75) is 0 Å². The van der Waals surface area contributed by atoms with Gasteiger partial charge in [0.15, 0.2) is 0 Å². The molecule has 1 rings (SSSR count). The third-order valence-electron chi connectivity index (χ3n) is 0.812. The van der Waals surface area contributed by atoms with Crippen molar-refractivity contribution in [2.75, 3.05) is 0 Å². The van der Waals surface area contributed by atoms with Gasteiger partial charge in [-0.3, -0.25) is 0 Å². The van der Waals surface area contributed by atoms with E-state index in [9.17, 15) is 0 Å². The van der Waals surface area contributed by atoms with Crippen LogP contribution >= 0.6 is 0 Å². The third kappa shape index (κ3) is 1.25. The second-order valence-electron chi connectivity index (χ2n) is 1.45. The predicted molar refractivity (Wildman–Crippen MR) is 27.7 cm³/mol. The van der Waals surface area contributed by atoms with Crippen molar-refractivity contribution in [2.24, 2.45) is 0 Å². The molecule has 1 nitrogen and oxygen atoms in total. The van der Waals surface area contributed by atoms with E-state index < -0.39 is 0 Å². The van der Waals surface area contributed by atoms with Crippen LogP contribution in [0.3, 0.4) is 0 Å². The molecule has 0 bridgehead atoms. The Labute approximate surface area is 55.9 Å². The molecule has 44 valence electrons. The molecule has 1 N–H and O–H groups in total. The van der Waals surface area contributed by atoms with Crippen LogP contribution in [0.1, 0.15) is 0 Å². The Kier molecular flexibility index (Phi) is 1.55. The van der Waals surface area contributed by atoms with Crippen molar-refractivity contribution in [3.63, 3.8) is 0 Å². The summed E-state index contributed by atoms with van der Waals surface area (Å²) in [5.41, 5.74) is 0. The van der Waals surface area contributed by atoms with Crippen molar-refractivity contribution in [3.05, 3.63) is 24.3 Å². The fourth-order valence-electron chi connectivity index (χ4n) is 0.434. The van der Waals surface area contributed by atoms with Gasteiger partial charge in [-0.15, -0.1) is 0 Å². The molecule has 0 spiro atoms. The average molecular weight is 152 g/mol. The third-order valence-corrected chi connectivity index (χ3v) is 1.16. The number of aromatic hydroxyl groups is 1. The van der Waals surface area contributed by atoms with E-state index in [4.69, 9.17) is 5.11 Å². The van der Waals surface area contributed by atoms with E-state index in [0.29, 0.717) is 0 Å². The Morgan fingerprint density at radius 1 is 1.12 bits per heavy atom. The van der Waals surface area contributed by atoms with Crippen molar-refractivity contribution in [3.8, 4) is 5.75 Å². The van der Waals surface area contributed by atoms with E-state index in [1.54, 1.807) is 24.3 Å². The Balaban J connectivity index is 3.03. The number of rotatable bonds is 0. The molecular formula is C6H5CoO. The van der Waals surface area contributed by atoms with Gasteiger partial charge in [-0.1, -0.05) is 0 Å². The van der Waals surface area contributed by atoms with E-state index in [1.807, 2.05) is 0 Å². The summed E-state index contributed by atoms with van der Waals surface area (Å²) in [4.78, 5) is 0. The summed E-state index contributed by atoms with van der Waals surface area (Å²) in [5.74, 6) is 0.279. The summed E-state index contributed by atoms with van der Waals surface area (Å²) in [7, 11) is 0. The van der Waals surface area contributed by atoms with Gasteiger partial charge in [0.1, 0.15) is 0 Å². The van der Waals surface area contributed by atoms with Crippen LogP contribution in [0.4, 0.5) is 0 Å². The average Bonchev–Trinajstić information content (AvgIpc) is 1.77. The summed E-state index contributed by atoms with van der Waals surface area (Å²) in [5, 5.41) is 8.72. The first-order valence-corrected chi connectivity index (χ1v) is 2.73. The Hall–Kier alpha value is -0.474. The fourth-order valence-corrected chi connectivity index (χ4v) is 0.607. The first kappa shape index (κ1) is 5.66. The molecule has 0 amide bonds. The van der Waals surface area contributed by atoms with Gasteiger partial charge < -0.3 is 0 Å². The van der Waals surface area contributed by atoms with Crippen LogP contribution < -0.4 is 4.50 Å². The van der Waals surface area contributed by atoms with Crippen molar-refractivity contribution >= 4 is 4.50 Å². The van der Waals surface area contributed by atoms with Gasteiger partial charge in [-0.2, -0.15) is 0 Å². The standard InChI is InChI=1S/C6H5O.Co/c7-6-4-2-1-3-5-6;/h2-5,7H;. The predicted octanol–water partition coefficient (Wildman–Crippen LogP) is 0.564. The van der Waals surface area contributed by atoms with Gasteiger partial charge >= 0.3 is 55.4 Å². The van der Waals surface area contributed by atoms with Crippen molar-refractivity contribution < 1.29 is 20.8 Å². The molecule has 0 aromatic heterocycles. The van der Waals surface area contributed by atoms with Gasteiger partial charge in [-0.05, 0) is 0 Å². The SMILES string of the molecule is Oc1cc[c]([Co])cc1. The topological polar surface area (TPSA) is 20.2 Å². The maximum absolute atomic E-state index is 8.72. The monoisotopic (exact) mass is 152 g/mol. The second-order valence-corrected chi connectivity index (χ2v) is 2.05. The molecule has 8 heavy (non-hydrogen) atoms. The molecule has 0 saturated heterocycles. The minimum absolute atomic E-state index is 0.279. The molecule has 0 aliphatic heterocycles. The molecule has 1 aromatic rings. The summed E-state index contributed by atoms with van der Waals surface area (Å²) in [6.07, 6.45) is 0. The number of phenols is 1. The first-order valence-electron chi connectivity index (χ1n) is 2.21. The van der Waals surface area contributed by atoms with E-state index in [-0.39, 0.29) is 5.75 Å². The van der Waals surface area contributed by atoms with Crippen LogP contribution in [-0.4, -0.2) is 5.11 Å². The van der Waals surface area contributed by atoms with E-state index >= 15 is 0 Å². The number of hydrogen-bond donors (Lipinski definition) is 1.